The molecule has 62 heavy (non-hydrogen) atoms. The van der Waals surface area contributed by atoms with Crippen molar-refractivity contribution in [2.75, 3.05) is 0 Å². The molecule has 4 saturated heterocycles. The molecule has 0 aromatic heterocycles. The standard InChI is InChI=1S/C49H74FNO11/c1-11-33(45(55)56)37-19-18-27(4)42(59-37)31(8)40(52)30(7)41(53)34(12-2)43-28(5)26-29(6)48(60-43)23-20-38(51-44(54)35-16-14-15-17-36(35)50)49(62-48)25-24-46(10,61-49)39-21-22-47(57,13-3)32(9)58-39/h14-17,20,23,27-34,37-40,42-43,52,57H,11-13,18-19,21-22,24-26H2,1-10H3,(H,51,54)(H,55,56)/t27-,28-,29+,30-,31-,32-,33+,34-,37+,38-,39+,40+,42+,43-,46-,47+,48-,49-/m0/s1. The van der Waals surface area contributed by atoms with E-state index in [-0.39, 0.29) is 35.2 Å². The summed E-state index contributed by atoms with van der Waals surface area (Å²) in [4.78, 5) is 40.4. The van der Waals surface area contributed by atoms with Crippen molar-refractivity contribution < 1.29 is 57.8 Å². The Morgan fingerprint density at radius 3 is 2.23 bits per heavy atom. The van der Waals surface area contributed by atoms with E-state index >= 15 is 0 Å². The van der Waals surface area contributed by atoms with Gasteiger partial charge in [0.2, 0.25) is 0 Å². The van der Waals surface area contributed by atoms with Crippen molar-refractivity contribution in [3.8, 4) is 0 Å². The number of Topliss-reactive ketones (excluding diaryl/α,β-unsaturated/α-hetero) is 1. The second kappa shape index (κ2) is 19.0. The predicted octanol–water partition coefficient (Wildman–Crippen LogP) is 7.76. The van der Waals surface area contributed by atoms with Gasteiger partial charge < -0.3 is 44.3 Å². The molecule has 1 amide bonds. The third-order valence-corrected chi connectivity index (χ3v) is 15.9. The van der Waals surface area contributed by atoms with E-state index in [2.05, 4.69) is 19.2 Å². The van der Waals surface area contributed by atoms with Gasteiger partial charge in [-0.05, 0) is 102 Å². The molecule has 0 radical (unpaired) electrons. The molecule has 1 aromatic rings. The molecular formula is C49H74FNO11. The van der Waals surface area contributed by atoms with Crippen LogP contribution in [0.5, 0.6) is 0 Å². The molecule has 5 heterocycles. The number of nitrogens with one attached hydrogen (secondary N) is 1. The maximum absolute atomic E-state index is 14.9. The predicted molar refractivity (Wildman–Crippen MR) is 230 cm³/mol. The lowest BCUT2D eigenvalue weighted by molar-refractivity contribution is -0.397. The highest BCUT2D eigenvalue weighted by atomic mass is 19.1. The number of aliphatic hydroxyl groups is 2. The van der Waals surface area contributed by atoms with Crippen LogP contribution in [0, 0.1) is 47.2 Å². The molecule has 18 atom stereocenters. The quantitative estimate of drug-likeness (QED) is 0.135. The van der Waals surface area contributed by atoms with Gasteiger partial charge in [0.05, 0.1) is 59.3 Å². The molecule has 1 aromatic carbocycles. The Labute approximate surface area is 368 Å². The van der Waals surface area contributed by atoms with Crippen LogP contribution in [0.15, 0.2) is 36.4 Å². The van der Waals surface area contributed by atoms with Gasteiger partial charge >= 0.3 is 5.97 Å². The fourth-order valence-corrected chi connectivity index (χ4v) is 11.5. The number of amides is 1. The molecule has 2 spiro atoms. The lowest BCUT2D eigenvalue weighted by Crippen LogP contribution is -2.65. The molecule has 0 unspecified atom stereocenters. The van der Waals surface area contributed by atoms with Gasteiger partial charge in [-0.2, -0.15) is 0 Å². The Morgan fingerprint density at radius 2 is 1.60 bits per heavy atom. The largest absolute Gasteiger partial charge is 0.481 e. The average Bonchev–Trinajstić information content (AvgIpc) is 3.58. The highest BCUT2D eigenvalue weighted by Crippen LogP contribution is 2.54. The minimum Gasteiger partial charge on any atom is -0.481 e. The van der Waals surface area contributed by atoms with Gasteiger partial charge in [-0.25, -0.2) is 4.39 Å². The van der Waals surface area contributed by atoms with Crippen molar-refractivity contribution in [2.45, 2.75) is 199 Å². The highest BCUT2D eigenvalue weighted by Gasteiger charge is 2.63. The van der Waals surface area contributed by atoms with E-state index in [0.29, 0.717) is 57.8 Å². The van der Waals surface area contributed by atoms with Gasteiger partial charge in [0.1, 0.15) is 17.6 Å². The van der Waals surface area contributed by atoms with Gasteiger partial charge in [-0.3, -0.25) is 14.4 Å². The average molecular weight is 872 g/mol. The van der Waals surface area contributed by atoms with Crippen molar-refractivity contribution in [1.29, 1.82) is 0 Å². The first-order valence-corrected chi connectivity index (χ1v) is 23.5. The lowest BCUT2D eigenvalue weighted by atomic mass is 9.72. The van der Waals surface area contributed by atoms with Crippen LogP contribution in [-0.2, 0) is 33.3 Å². The molecule has 12 nitrogen and oxygen atoms in total. The molecular weight excluding hydrogens is 798 g/mol. The Kier molecular flexibility index (Phi) is 14.9. The second-order valence-electron chi connectivity index (χ2n) is 19.9. The number of carboxylic acid groups (broad SMARTS) is 1. The number of hydrogen-bond acceptors (Lipinski definition) is 10. The van der Waals surface area contributed by atoms with Crippen molar-refractivity contribution >= 4 is 17.7 Å². The van der Waals surface area contributed by atoms with Crippen LogP contribution in [0.1, 0.15) is 144 Å². The lowest BCUT2D eigenvalue weighted by Gasteiger charge is -2.55. The van der Waals surface area contributed by atoms with E-state index < -0.39 is 101 Å². The van der Waals surface area contributed by atoms with E-state index in [9.17, 15) is 34.1 Å². The second-order valence-corrected chi connectivity index (χ2v) is 19.9. The number of aliphatic hydroxyl groups excluding tert-OH is 1. The summed E-state index contributed by atoms with van der Waals surface area (Å²) in [5.41, 5.74) is -1.94. The van der Waals surface area contributed by atoms with E-state index in [1.807, 2.05) is 60.6 Å². The smallest absolute Gasteiger partial charge is 0.309 e. The van der Waals surface area contributed by atoms with Crippen molar-refractivity contribution in [1.82, 2.24) is 5.32 Å². The minimum atomic E-state index is -1.47. The summed E-state index contributed by atoms with van der Waals surface area (Å²) in [5.74, 6) is -7.77. The number of aliphatic carboxylic acids is 1. The Morgan fingerprint density at radius 1 is 0.903 bits per heavy atom. The molecule has 5 aliphatic heterocycles. The number of rotatable bonds is 14. The van der Waals surface area contributed by atoms with Crippen LogP contribution in [-0.4, -0.2) is 98.4 Å². The van der Waals surface area contributed by atoms with Crippen molar-refractivity contribution in [2.24, 2.45) is 41.4 Å². The van der Waals surface area contributed by atoms with Crippen LogP contribution in [0.2, 0.25) is 0 Å². The monoisotopic (exact) mass is 872 g/mol. The van der Waals surface area contributed by atoms with Gasteiger partial charge in [0.15, 0.2) is 11.6 Å². The number of carbonyl (C=O) groups excluding carboxylic acids is 2. The summed E-state index contributed by atoms with van der Waals surface area (Å²) in [6.45, 7) is 19.4. The van der Waals surface area contributed by atoms with Crippen LogP contribution >= 0.6 is 0 Å². The number of benzene rings is 1. The van der Waals surface area contributed by atoms with Gasteiger partial charge in [0, 0.05) is 30.1 Å². The summed E-state index contributed by atoms with van der Waals surface area (Å²) >= 11 is 0. The Hall–Kier alpha value is -2.78. The first-order valence-electron chi connectivity index (χ1n) is 23.5. The molecule has 0 aliphatic carbocycles. The molecule has 13 heteroatoms. The maximum atomic E-state index is 14.9. The van der Waals surface area contributed by atoms with E-state index in [1.54, 1.807) is 13.0 Å². The molecule has 0 saturated carbocycles. The van der Waals surface area contributed by atoms with Crippen molar-refractivity contribution in [3.63, 3.8) is 0 Å². The fraction of sp³-hybridized carbons (Fsp3) is 0.776. The number of carbonyl (C=O) groups is 3. The fourth-order valence-electron chi connectivity index (χ4n) is 11.5. The normalized spacial score (nSPS) is 41.0. The van der Waals surface area contributed by atoms with Gasteiger partial charge in [-0.1, -0.05) is 73.6 Å². The molecule has 4 N–H and O–H groups in total. The number of hydrogen-bond donors (Lipinski definition) is 4. The topological polar surface area (TPSA) is 170 Å². The van der Waals surface area contributed by atoms with E-state index in [4.69, 9.17) is 23.7 Å². The zero-order valence-corrected chi connectivity index (χ0v) is 38.6. The summed E-state index contributed by atoms with van der Waals surface area (Å²) < 4.78 is 49.3. The SMILES string of the molecule is CC[C@@H](C(=O)[C@@H](C)[C@@H](O)[C@H](C)[C@@H]1O[C@@H]([C@@H](CC)C(=O)O)CC[C@@H]1C)[C@H]1O[C@]2(C=C[C@H](NC(=O)c3ccccc3F)[C@]3(CC[C@@](C)([C@H]4CC[C@](O)(CC)[C@H](C)O4)O3)O2)[C@H](C)C[C@@H]1C. The van der Waals surface area contributed by atoms with Crippen molar-refractivity contribution in [3.05, 3.63) is 47.8 Å². The summed E-state index contributed by atoms with van der Waals surface area (Å²) in [7, 11) is 0. The number of carboxylic acids is 1. The first-order chi connectivity index (χ1) is 29.2. The molecule has 348 valence electrons. The third-order valence-electron chi connectivity index (χ3n) is 15.9. The van der Waals surface area contributed by atoms with Crippen LogP contribution < -0.4 is 5.32 Å². The van der Waals surface area contributed by atoms with E-state index in [0.717, 1.165) is 6.42 Å². The first kappa shape index (κ1) is 48.7. The van der Waals surface area contributed by atoms with E-state index in [1.165, 1.54) is 18.2 Å². The van der Waals surface area contributed by atoms with Crippen LogP contribution in [0.25, 0.3) is 0 Å². The molecule has 5 aliphatic rings. The molecule has 0 bridgehead atoms. The van der Waals surface area contributed by atoms with Crippen LogP contribution in [0.3, 0.4) is 0 Å². The zero-order chi connectivity index (χ0) is 45.5. The number of ether oxygens (including phenoxy) is 5. The third kappa shape index (κ3) is 9.20. The number of ketones is 1. The maximum Gasteiger partial charge on any atom is 0.309 e. The number of halogens is 1. The highest BCUT2D eigenvalue weighted by molar-refractivity contribution is 5.94. The van der Waals surface area contributed by atoms with Gasteiger partial charge in [0.25, 0.3) is 5.91 Å². The molecule has 4 fully saturated rings. The summed E-state index contributed by atoms with van der Waals surface area (Å²) in [6, 6.07) is 4.95. The Balaban J connectivity index is 1.26. The van der Waals surface area contributed by atoms with Gasteiger partial charge in [-0.15, -0.1) is 0 Å². The zero-order valence-electron chi connectivity index (χ0n) is 38.6. The summed E-state index contributed by atoms with van der Waals surface area (Å²) in [5, 5.41) is 35.9. The minimum absolute atomic E-state index is 0.0635. The molecule has 6 rings (SSSR count). The summed E-state index contributed by atoms with van der Waals surface area (Å²) in [6.07, 6.45) is 5.71. The van der Waals surface area contributed by atoms with Crippen LogP contribution in [0.4, 0.5) is 4.39 Å². The Bertz CT molecular complexity index is 1790.